The number of ether oxygens (including phenoxy) is 1. The van der Waals surface area contributed by atoms with Gasteiger partial charge < -0.3 is 9.15 Å². The van der Waals surface area contributed by atoms with Gasteiger partial charge in [0.05, 0.1) is 12.5 Å². The minimum atomic E-state index is -3.61. The number of likely N-dealkylation sites (N-methyl/N-ethyl adjacent to an activating group) is 1. The van der Waals surface area contributed by atoms with Gasteiger partial charge in [0.1, 0.15) is 16.4 Å². The molecule has 1 heterocycles. The number of alkyl halides is 1. The van der Waals surface area contributed by atoms with Gasteiger partial charge in [-0.2, -0.15) is 4.31 Å². The van der Waals surface area contributed by atoms with Crippen LogP contribution < -0.4 is 0 Å². The monoisotopic (exact) mass is 323 g/mol. The van der Waals surface area contributed by atoms with E-state index >= 15 is 0 Å². The van der Waals surface area contributed by atoms with E-state index in [-0.39, 0.29) is 10.8 Å². The van der Waals surface area contributed by atoms with Crippen molar-refractivity contribution in [2.24, 2.45) is 0 Å². The molecule has 0 aliphatic heterocycles. The number of furan rings is 1. The molecule has 0 aliphatic carbocycles. The zero-order valence-corrected chi connectivity index (χ0v) is 14.0. The van der Waals surface area contributed by atoms with E-state index < -0.39 is 10.0 Å². The lowest BCUT2D eigenvalue weighted by molar-refractivity contribution is 0.135. The molecule has 0 N–H and O–H groups in total. The number of halogens is 1. The highest BCUT2D eigenvalue weighted by Crippen LogP contribution is 2.30. The third kappa shape index (κ3) is 3.55. The summed E-state index contributed by atoms with van der Waals surface area (Å²) in [7, 11) is -3.61. The van der Waals surface area contributed by atoms with E-state index in [1.54, 1.807) is 20.8 Å². The molecular weight excluding hydrogens is 302 g/mol. The van der Waals surface area contributed by atoms with Crippen molar-refractivity contribution in [3.05, 3.63) is 17.1 Å². The molecule has 0 aromatic carbocycles. The molecule has 7 heteroatoms. The Morgan fingerprint density at radius 2 is 1.90 bits per heavy atom. The average molecular weight is 324 g/mol. The van der Waals surface area contributed by atoms with E-state index in [1.165, 1.54) is 4.31 Å². The Kier molecular flexibility index (Phi) is 6.51. The number of aryl methyl sites for hydroxylation is 2. The Morgan fingerprint density at radius 3 is 2.40 bits per heavy atom. The molecule has 0 spiro atoms. The fourth-order valence-corrected chi connectivity index (χ4v) is 4.34. The highest BCUT2D eigenvalue weighted by molar-refractivity contribution is 7.89. The molecule has 0 atom stereocenters. The molecular formula is C13H22ClNO4S. The van der Waals surface area contributed by atoms with Crippen molar-refractivity contribution in [3.8, 4) is 0 Å². The summed E-state index contributed by atoms with van der Waals surface area (Å²) in [6.07, 6.45) is 0. The first kappa shape index (κ1) is 17.5. The van der Waals surface area contributed by atoms with Crippen LogP contribution in [0.25, 0.3) is 0 Å². The Balaban J connectivity index is 3.14. The van der Waals surface area contributed by atoms with Gasteiger partial charge in [0, 0.05) is 25.3 Å². The predicted octanol–water partition coefficient (Wildman–Crippen LogP) is 2.68. The lowest BCUT2D eigenvalue weighted by Gasteiger charge is -2.20. The van der Waals surface area contributed by atoms with Crippen molar-refractivity contribution in [2.45, 2.75) is 38.5 Å². The van der Waals surface area contributed by atoms with Crippen LogP contribution in [0, 0.1) is 13.8 Å². The van der Waals surface area contributed by atoms with Crippen LogP contribution in [0.3, 0.4) is 0 Å². The summed E-state index contributed by atoms with van der Waals surface area (Å²) in [5, 5.41) is 0. The van der Waals surface area contributed by atoms with E-state index in [1.807, 2.05) is 6.92 Å². The molecule has 1 aromatic rings. The molecule has 5 nitrogen and oxygen atoms in total. The second kappa shape index (κ2) is 7.45. The van der Waals surface area contributed by atoms with Gasteiger partial charge in [-0.3, -0.25) is 0 Å². The van der Waals surface area contributed by atoms with Crippen LogP contribution in [0.2, 0.25) is 0 Å². The Morgan fingerprint density at radius 1 is 1.25 bits per heavy atom. The highest BCUT2D eigenvalue weighted by Gasteiger charge is 2.31. The van der Waals surface area contributed by atoms with Crippen molar-refractivity contribution in [1.29, 1.82) is 0 Å². The smallest absolute Gasteiger partial charge is 0.246 e. The third-order valence-corrected chi connectivity index (χ3v) is 5.54. The summed E-state index contributed by atoms with van der Waals surface area (Å²) in [4.78, 5) is 0.198. The quantitative estimate of drug-likeness (QED) is 0.545. The fourth-order valence-electron chi connectivity index (χ4n) is 2.09. The van der Waals surface area contributed by atoms with Crippen LogP contribution in [-0.4, -0.2) is 39.0 Å². The van der Waals surface area contributed by atoms with E-state index in [0.717, 1.165) is 0 Å². The minimum absolute atomic E-state index is 0.112. The number of sulfonamides is 1. The van der Waals surface area contributed by atoms with Crippen molar-refractivity contribution in [3.63, 3.8) is 0 Å². The van der Waals surface area contributed by atoms with Gasteiger partial charge >= 0.3 is 0 Å². The standard InChI is InChI=1S/C13H22ClNO4S/c1-5-15(7-8-18-6-2)20(16,17)13-11(4)19-10(3)12(13)9-14/h5-9H2,1-4H3. The van der Waals surface area contributed by atoms with Crippen molar-refractivity contribution < 1.29 is 17.6 Å². The topological polar surface area (TPSA) is 59.8 Å². The fraction of sp³-hybridized carbons (Fsp3) is 0.692. The van der Waals surface area contributed by atoms with Gasteiger partial charge in [-0.25, -0.2) is 8.42 Å². The molecule has 0 saturated carbocycles. The predicted molar refractivity (Wildman–Crippen MR) is 78.7 cm³/mol. The third-order valence-electron chi connectivity index (χ3n) is 3.10. The first-order valence-corrected chi connectivity index (χ1v) is 8.60. The summed E-state index contributed by atoms with van der Waals surface area (Å²) in [6, 6.07) is 0. The zero-order chi connectivity index (χ0) is 15.3. The Labute approximate surface area is 125 Å². The van der Waals surface area contributed by atoms with Gasteiger partial charge in [-0.05, 0) is 20.8 Å². The molecule has 0 fully saturated rings. The number of nitrogens with zero attached hydrogens (tertiary/aromatic N) is 1. The Hall–Kier alpha value is -0.560. The number of hydrogen-bond acceptors (Lipinski definition) is 4. The van der Waals surface area contributed by atoms with E-state index in [2.05, 4.69) is 0 Å². The summed E-state index contributed by atoms with van der Waals surface area (Å²) >= 11 is 5.86. The van der Waals surface area contributed by atoms with Crippen LogP contribution in [0.5, 0.6) is 0 Å². The van der Waals surface area contributed by atoms with Crippen LogP contribution in [0.1, 0.15) is 30.9 Å². The highest BCUT2D eigenvalue weighted by atomic mass is 35.5. The molecule has 1 aromatic heterocycles. The SMILES string of the molecule is CCOCCN(CC)S(=O)(=O)c1c(C)oc(C)c1CCl. The van der Waals surface area contributed by atoms with Crippen LogP contribution >= 0.6 is 11.6 Å². The molecule has 0 aliphatic rings. The number of rotatable bonds is 8. The summed E-state index contributed by atoms with van der Waals surface area (Å²) in [6.45, 7) is 8.67. The second-order valence-corrected chi connectivity index (χ2v) is 6.49. The van der Waals surface area contributed by atoms with Crippen molar-refractivity contribution in [2.75, 3.05) is 26.3 Å². The maximum Gasteiger partial charge on any atom is 0.246 e. The van der Waals surface area contributed by atoms with Crippen molar-refractivity contribution >= 4 is 21.6 Å². The summed E-state index contributed by atoms with van der Waals surface area (Å²) in [5.41, 5.74) is 0.541. The molecule has 0 amide bonds. The first-order valence-electron chi connectivity index (χ1n) is 6.62. The largest absolute Gasteiger partial charge is 0.465 e. The number of hydrogen-bond donors (Lipinski definition) is 0. The lowest BCUT2D eigenvalue weighted by Crippen LogP contribution is -2.34. The normalized spacial score (nSPS) is 12.3. The van der Waals surface area contributed by atoms with E-state index in [9.17, 15) is 8.42 Å². The van der Waals surface area contributed by atoms with Gasteiger partial charge in [0.25, 0.3) is 0 Å². The second-order valence-electron chi connectivity index (χ2n) is 4.35. The van der Waals surface area contributed by atoms with Gasteiger partial charge in [-0.1, -0.05) is 6.92 Å². The molecule has 1 rings (SSSR count). The minimum Gasteiger partial charge on any atom is -0.465 e. The maximum absolute atomic E-state index is 12.7. The summed E-state index contributed by atoms with van der Waals surface area (Å²) in [5.74, 6) is 1.05. The van der Waals surface area contributed by atoms with Crippen LogP contribution in [0.15, 0.2) is 9.31 Å². The van der Waals surface area contributed by atoms with Crippen molar-refractivity contribution in [1.82, 2.24) is 4.31 Å². The van der Waals surface area contributed by atoms with E-state index in [4.69, 9.17) is 20.8 Å². The summed E-state index contributed by atoms with van der Waals surface area (Å²) < 4.78 is 37.5. The molecule has 0 saturated heterocycles. The Bertz CT molecular complexity index is 539. The van der Waals surface area contributed by atoms with Crippen LogP contribution in [0.4, 0.5) is 0 Å². The average Bonchev–Trinajstić information content (AvgIpc) is 2.69. The maximum atomic E-state index is 12.7. The molecule has 0 radical (unpaired) electrons. The molecule has 116 valence electrons. The molecule has 0 bridgehead atoms. The molecule has 20 heavy (non-hydrogen) atoms. The van der Waals surface area contributed by atoms with E-state index in [0.29, 0.717) is 43.4 Å². The first-order chi connectivity index (χ1) is 9.39. The zero-order valence-electron chi connectivity index (χ0n) is 12.4. The molecule has 0 unspecified atom stereocenters. The lowest BCUT2D eigenvalue weighted by atomic mass is 10.3. The van der Waals surface area contributed by atoms with Gasteiger partial charge in [-0.15, -0.1) is 11.6 Å². The van der Waals surface area contributed by atoms with Gasteiger partial charge in [0.15, 0.2) is 0 Å². The van der Waals surface area contributed by atoms with Gasteiger partial charge in [0.2, 0.25) is 10.0 Å². The van der Waals surface area contributed by atoms with Crippen LogP contribution in [-0.2, 0) is 20.6 Å².